The highest BCUT2D eigenvalue weighted by Gasteiger charge is 2.40. The number of rotatable bonds is 8. The highest BCUT2D eigenvalue weighted by molar-refractivity contribution is 5.66. The lowest BCUT2D eigenvalue weighted by atomic mass is 10.1. The monoisotopic (exact) mass is 483 g/mol. The van der Waals surface area contributed by atoms with E-state index in [9.17, 15) is 27.2 Å². The predicted octanol–water partition coefficient (Wildman–Crippen LogP) is 3.83. The van der Waals surface area contributed by atoms with Gasteiger partial charge in [0.1, 0.15) is 40.9 Å². The zero-order chi connectivity index (χ0) is 25.2. The maximum Gasteiger partial charge on any atom is 0.397 e. The molecule has 0 aromatic carbocycles. The summed E-state index contributed by atoms with van der Waals surface area (Å²) in [5.41, 5.74) is -0.883. The minimum atomic E-state index is -4.60. The summed E-state index contributed by atoms with van der Waals surface area (Å²) in [6.07, 6.45) is -4.76. The Kier molecular flexibility index (Phi) is 7.21. The Hall–Kier alpha value is -3.53. The summed E-state index contributed by atoms with van der Waals surface area (Å²) in [5, 5.41) is 19.0. The molecule has 0 amide bonds. The van der Waals surface area contributed by atoms with Crippen LogP contribution in [0.4, 0.5) is 27.8 Å². The molecule has 2 N–H and O–H groups in total. The number of hydrogen-bond donors (Lipinski definition) is 2. The number of imidazole rings is 1. The summed E-state index contributed by atoms with van der Waals surface area (Å²) in [7, 11) is 2.82. The minimum Gasteiger partial charge on any atom is -0.495 e. The molecule has 182 valence electrons. The number of fused-ring (bicyclic) bond motifs is 1. The molecule has 0 spiro atoms. The highest BCUT2D eigenvalue weighted by atomic mass is 19.4. The van der Waals surface area contributed by atoms with E-state index in [1.54, 1.807) is 13.1 Å². The molecule has 13 heteroatoms. The number of anilines is 1. The van der Waals surface area contributed by atoms with Crippen LogP contribution in [0.25, 0.3) is 17.0 Å². The lowest BCUT2D eigenvalue weighted by Crippen LogP contribution is -2.38. The largest absolute Gasteiger partial charge is 0.495 e. The lowest BCUT2D eigenvalue weighted by molar-refractivity contribution is -0.147. The van der Waals surface area contributed by atoms with E-state index in [2.05, 4.69) is 25.7 Å². The number of hydrogen-bond acceptors (Lipinski definition) is 7. The van der Waals surface area contributed by atoms with Crippen molar-refractivity contribution in [3.63, 3.8) is 0 Å². The van der Waals surface area contributed by atoms with Crippen LogP contribution in [0.1, 0.15) is 31.0 Å². The van der Waals surface area contributed by atoms with Crippen LogP contribution in [-0.4, -0.2) is 58.7 Å². The van der Waals surface area contributed by atoms with E-state index in [4.69, 9.17) is 4.74 Å². The molecule has 0 fully saturated rings. The second-order valence-corrected chi connectivity index (χ2v) is 7.59. The number of methoxy groups -OCH3 is 1. The van der Waals surface area contributed by atoms with E-state index in [1.165, 1.54) is 26.3 Å². The summed E-state index contributed by atoms with van der Waals surface area (Å²) in [6.45, 7) is 2.43. The fraction of sp³-hybridized carbons (Fsp3) is 0.429. The summed E-state index contributed by atoms with van der Waals surface area (Å²) in [5.74, 6) is -3.12. The molecule has 0 saturated heterocycles. The molecule has 0 bridgehead atoms. The van der Waals surface area contributed by atoms with Crippen LogP contribution in [0.15, 0.2) is 18.3 Å². The van der Waals surface area contributed by atoms with Gasteiger partial charge in [0, 0.05) is 12.6 Å². The second-order valence-electron chi connectivity index (χ2n) is 7.59. The van der Waals surface area contributed by atoms with Gasteiger partial charge in [-0.05, 0) is 27.0 Å². The minimum absolute atomic E-state index is 0.0585. The quantitative estimate of drug-likeness (QED) is 0.470. The van der Waals surface area contributed by atoms with E-state index < -0.39 is 35.8 Å². The molecule has 0 aliphatic rings. The van der Waals surface area contributed by atoms with Crippen LogP contribution in [0.3, 0.4) is 0 Å². The number of aromatic nitrogens is 4. The molecule has 3 aromatic rings. The van der Waals surface area contributed by atoms with Gasteiger partial charge in [0.25, 0.3) is 0 Å². The first-order chi connectivity index (χ1) is 16.0. The van der Waals surface area contributed by atoms with Gasteiger partial charge in [0.15, 0.2) is 11.5 Å². The summed E-state index contributed by atoms with van der Waals surface area (Å²) < 4.78 is 75.2. The first-order valence-electron chi connectivity index (χ1n) is 10.2. The van der Waals surface area contributed by atoms with Gasteiger partial charge in [0.2, 0.25) is 0 Å². The van der Waals surface area contributed by atoms with Crippen LogP contribution in [0.5, 0.6) is 5.75 Å². The molecule has 3 rings (SSSR count). The van der Waals surface area contributed by atoms with Gasteiger partial charge in [0.05, 0.1) is 30.8 Å². The molecule has 0 saturated carbocycles. The number of nitriles is 1. The van der Waals surface area contributed by atoms with Gasteiger partial charge in [-0.25, -0.2) is 23.3 Å². The van der Waals surface area contributed by atoms with Gasteiger partial charge in [-0.15, -0.1) is 0 Å². The summed E-state index contributed by atoms with van der Waals surface area (Å²) in [4.78, 5) is 8.22. The number of halogens is 5. The molecule has 34 heavy (non-hydrogen) atoms. The van der Waals surface area contributed by atoms with E-state index >= 15 is 0 Å². The highest BCUT2D eigenvalue weighted by Crippen LogP contribution is 2.38. The Morgan fingerprint density at radius 1 is 1.26 bits per heavy atom. The SMILES string of the molecule is CNCC(Nc1nc(-c2cnc3cc(OC)c(C(C)C(F)(F)F)nn23)c(F)cc1C#N)C(C)F. The van der Waals surface area contributed by atoms with E-state index in [-0.39, 0.29) is 40.7 Å². The van der Waals surface area contributed by atoms with Crippen molar-refractivity contribution >= 4 is 11.5 Å². The average Bonchev–Trinajstić information content (AvgIpc) is 3.19. The third-order valence-corrected chi connectivity index (χ3v) is 5.25. The van der Waals surface area contributed by atoms with Crippen molar-refractivity contribution in [2.24, 2.45) is 0 Å². The van der Waals surface area contributed by atoms with Crippen molar-refractivity contribution in [2.75, 3.05) is 26.0 Å². The van der Waals surface area contributed by atoms with Crippen molar-refractivity contribution < 1.29 is 26.7 Å². The fourth-order valence-electron chi connectivity index (χ4n) is 3.28. The molecule has 0 radical (unpaired) electrons. The molecule has 3 heterocycles. The van der Waals surface area contributed by atoms with Crippen molar-refractivity contribution in [1.29, 1.82) is 5.26 Å². The van der Waals surface area contributed by atoms with Gasteiger partial charge >= 0.3 is 6.18 Å². The number of pyridine rings is 1. The number of ether oxygens (including phenoxy) is 1. The maximum absolute atomic E-state index is 14.9. The van der Waals surface area contributed by atoms with Gasteiger partial charge in [-0.3, -0.25) is 0 Å². The molecular formula is C21H22F5N7O. The number of nitrogens with one attached hydrogen (secondary N) is 2. The molecule has 8 nitrogen and oxygen atoms in total. The molecule has 0 aliphatic heterocycles. The molecule has 3 unspecified atom stereocenters. The van der Waals surface area contributed by atoms with Crippen LogP contribution < -0.4 is 15.4 Å². The average molecular weight is 483 g/mol. The zero-order valence-corrected chi connectivity index (χ0v) is 18.7. The Labute approximate surface area is 191 Å². The number of nitrogens with zero attached hydrogens (tertiary/aromatic N) is 5. The second kappa shape index (κ2) is 9.76. The van der Waals surface area contributed by atoms with Crippen LogP contribution in [-0.2, 0) is 0 Å². The number of alkyl halides is 4. The maximum atomic E-state index is 14.9. The van der Waals surface area contributed by atoms with Gasteiger partial charge in [-0.2, -0.15) is 23.5 Å². The Morgan fingerprint density at radius 3 is 2.53 bits per heavy atom. The van der Waals surface area contributed by atoms with Crippen molar-refractivity contribution in [3.8, 4) is 23.2 Å². The molecule has 0 aliphatic carbocycles. The van der Waals surface area contributed by atoms with E-state index in [0.29, 0.717) is 0 Å². The Morgan fingerprint density at radius 2 is 1.97 bits per heavy atom. The first-order valence-corrected chi connectivity index (χ1v) is 10.2. The summed E-state index contributed by atoms with van der Waals surface area (Å²) >= 11 is 0. The van der Waals surface area contributed by atoms with Crippen LogP contribution in [0.2, 0.25) is 0 Å². The first kappa shape index (κ1) is 25.1. The van der Waals surface area contributed by atoms with Crippen molar-refractivity contribution in [2.45, 2.75) is 38.2 Å². The zero-order valence-electron chi connectivity index (χ0n) is 18.7. The molecular weight excluding hydrogens is 461 g/mol. The predicted molar refractivity (Wildman–Crippen MR) is 114 cm³/mol. The smallest absolute Gasteiger partial charge is 0.397 e. The van der Waals surface area contributed by atoms with Gasteiger partial charge < -0.3 is 15.4 Å². The van der Waals surface area contributed by atoms with Crippen LogP contribution in [0, 0.1) is 17.1 Å². The van der Waals surface area contributed by atoms with Crippen molar-refractivity contribution in [1.82, 2.24) is 24.9 Å². The fourth-order valence-corrected chi connectivity index (χ4v) is 3.28. The topological polar surface area (TPSA) is 100 Å². The summed E-state index contributed by atoms with van der Waals surface area (Å²) in [6, 6.07) is 3.18. The molecule has 3 aromatic heterocycles. The third kappa shape index (κ3) is 4.86. The van der Waals surface area contributed by atoms with Gasteiger partial charge in [-0.1, -0.05) is 0 Å². The lowest BCUT2D eigenvalue weighted by Gasteiger charge is -2.21. The van der Waals surface area contributed by atoms with Crippen LogP contribution >= 0.6 is 0 Å². The Bertz CT molecular complexity index is 1220. The molecule has 3 atom stereocenters. The third-order valence-electron chi connectivity index (χ3n) is 5.25. The standard InChI is InChI=1S/C21H22F5N7O/c1-10(21(24,25)26)18-16(34-4)6-17-29-9-15(33(17)32-18)19-13(23)5-12(7-27)20(31-19)30-14(8-28-3)11(2)22/h5-6,9-11,14,28H,8H2,1-4H3,(H,30,31). The van der Waals surface area contributed by atoms with Crippen molar-refractivity contribution in [3.05, 3.63) is 35.4 Å². The number of likely N-dealkylation sites (N-methyl/N-ethyl adjacent to an activating group) is 1. The van der Waals surface area contributed by atoms with E-state index in [0.717, 1.165) is 17.5 Å². The normalized spacial score (nSPS) is 14.5. The Balaban J connectivity index is 2.18. The van der Waals surface area contributed by atoms with E-state index in [1.807, 2.05) is 0 Å².